The molecule has 0 aliphatic rings. The zero-order valence-electron chi connectivity index (χ0n) is 12.9. The molecule has 0 saturated carbocycles. The van der Waals surface area contributed by atoms with E-state index < -0.39 is 0 Å². The SMILES string of the molecule is Cc1cc(-n2c(C)ccc2C)nc(C)c1-c1cccnc1. The number of hydrogen-bond donors (Lipinski definition) is 0. The number of rotatable bonds is 2. The van der Waals surface area contributed by atoms with Crippen molar-refractivity contribution in [1.82, 2.24) is 14.5 Å². The molecule has 0 spiro atoms. The Labute approximate surface area is 125 Å². The van der Waals surface area contributed by atoms with Crippen LogP contribution < -0.4 is 0 Å². The Morgan fingerprint density at radius 2 is 1.67 bits per heavy atom. The van der Waals surface area contributed by atoms with Crippen LogP contribution in [0.4, 0.5) is 0 Å². The van der Waals surface area contributed by atoms with E-state index in [1.54, 1.807) is 6.20 Å². The van der Waals surface area contributed by atoms with Crippen molar-refractivity contribution in [1.29, 1.82) is 0 Å². The Bertz CT molecular complexity index is 743. The topological polar surface area (TPSA) is 30.7 Å². The quantitative estimate of drug-likeness (QED) is 0.704. The van der Waals surface area contributed by atoms with Crippen LogP contribution in [0.2, 0.25) is 0 Å². The van der Waals surface area contributed by atoms with Gasteiger partial charge in [-0.15, -0.1) is 0 Å². The Balaban J connectivity index is 2.18. The fraction of sp³-hybridized carbons (Fsp3) is 0.222. The van der Waals surface area contributed by atoms with Crippen LogP contribution in [0.25, 0.3) is 16.9 Å². The minimum Gasteiger partial charge on any atom is -0.303 e. The molecule has 3 heterocycles. The highest BCUT2D eigenvalue weighted by Gasteiger charge is 2.12. The summed E-state index contributed by atoms with van der Waals surface area (Å²) in [5.74, 6) is 0.984. The average molecular weight is 277 g/mol. The normalized spacial score (nSPS) is 10.9. The highest BCUT2D eigenvalue weighted by Crippen LogP contribution is 2.27. The summed E-state index contributed by atoms with van der Waals surface area (Å²) in [4.78, 5) is 9.02. The first-order valence-corrected chi connectivity index (χ1v) is 7.12. The van der Waals surface area contributed by atoms with E-state index in [-0.39, 0.29) is 0 Å². The average Bonchev–Trinajstić information content (AvgIpc) is 2.78. The molecule has 0 atom stereocenters. The van der Waals surface area contributed by atoms with Crippen molar-refractivity contribution in [3.63, 3.8) is 0 Å². The van der Waals surface area contributed by atoms with Crippen LogP contribution in [-0.4, -0.2) is 14.5 Å². The van der Waals surface area contributed by atoms with Crippen LogP contribution in [0.5, 0.6) is 0 Å². The van der Waals surface area contributed by atoms with Crippen LogP contribution in [0.15, 0.2) is 42.7 Å². The van der Waals surface area contributed by atoms with Crippen LogP contribution in [0.3, 0.4) is 0 Å². The predicted octanol–water partition coefficient (Wildman–Crippen LogP) is 4.17. The van der Waals surface area contributed by atoms with E-state index in [0.717, 1.165) is 17.1 Å². The first kappa shape index (κ1) is 13.6. The van der Waals surface area contributed by atoms with Gasteiger partial charge in [0.15, 0.2) is 0 Å². The Morgan fingerprint density at radius 1 is 0.952 bits per heavy atom. The van der Waals surface area contributed by atoms with Gasteiger partial charge >= 0.3 is 0 Å². The van der Waals surface area contributed by atoms with Gasteiger partial charge in [0.25, 0.3) is 0 Å². The second-order valence-electron chi connectivity index (χ2n) is 5.45. The number of pyridine rings is 2. The molecular formula is C18H19N3. The van der Waals surface area contributed by atoms with Gasteiger partial charge in [0.2, 0.25) is 0 Å². The predicted molar refractivity (Wildman–Crippen MR) is 85.7 cm³/mol. The molecule has 3 heteroatoms. The maximum Gasteiger partial charge on any atom is 0.137 e. The fourth-order valence-corrected chi connectivity index (χ4v) is 2.90. The smallest absolute Gasteiger partial charge is 0.137 e. The third-order valence-corrected chi connectivity index (χ3v) is 3.83. The summed E-state index contributed by atoms with van der Waals surface area (Å²) in [7, 11) is 0. The van der Waals surface area contributed by atoms with Crippen molar-refractivity contribution in [2.45, 2.75) is 27.7 Å². The highest BCUT2D eigenvalue weighted by molar-refractivity contribution is 5.69. The van der Waals surface area contributed by atoms with Crippen LogP contribution in [0, 0.1) is 27.7 Å². The molecule has 0 saturated heterocycles. The van der Waals surface area contributed by atoms with Crippen LogP contribution in [0.1, 0.15) is 22.6 Å². The lowest BCUT2D eigenvalue weighted by molar-refractivity contribution is 0.910. The molecule has 3 rings (SSSR count). The van der Waals surface area contributed by atoms with Gasteiger partial charge in [0.05, 0.1) is 0 Å². The van der Waals surface area contributed by atoms with Crippen LogP contribution in [-0.2, 0) is 0 Å². The summed E-state index contributed by atoms with van der Waals surface area (Å²) < 4.78 is 2.19. The van der Waals surface area contributed by atoms with Crippen molar-refractivity contribution in [2.75, 3.05) is 0 Å². The Hall–Kier alpha value is -2.42. The highest BCUT2D eigenvalue weighted by atomic mass is 15.1. The number of aromatic nitrogens is 3. The van der Waals surface area contributed by atoms with Gasteiger partial charge in [-0.2, -0.15) is 0 Å². The second kappa shape index (κ2) is 5.17. The molecule has 0 amide bonds. The molecule has 106 valence electrons. The number of hydrogen-bond acceptors (Lipinski definition) is 2. The molecule has 0 unspecified atom stereocenters. The Morgan fingerprint density at radius 3 is 2.24 bits per heavy atom. The summed E-state index contributed by atoms with van der Waals surface area (Å²) in [6, 6.07) is 10.4. The maximum atomic E-state index is 4.81. The molecular weight excluding hydrogens is 258 g/mol. The van der Waals surface area contributed by atoms with Gasteiger partial charge in [0.1, 0.15) is 5.82 Å². The second-order valence-corrected chi connectivity index (χ2v) is 5.45. The first-order valence-electron chi connectivity index (χ1n) is 7.12. The van der Waals surface area contributed by atoms with E-state index in [4.69, 9.17) is 4.98 Å². The molecule has 3 aromatic heterocycles. The van der Waals surface area contributed by atoms with Crippen molar-refractivity contribution in [2.24, 2.45) is 0 Å². The Kier molecular flexibility index (Phi) is 3.34. The third kappa shape index (κ3) is 2.35. The molecule has 0 aliphatic carbocycles. The van der Waals surface area contributed by atoms with E-state index >= 15 is 0 Å². The third-order valence-electron chi connectivity index (χ3n) is 3.83. The minimum absolute atomic E-state index is 0.984. The largest absolute Gasteiger partial charge is 0.303 e. The van der Waals surface area contributed by atoms with Crippen molar-refractivity contribution in [3.8, 4) is 16.9 Å². The van der Waals surface area contributed by atoms with Gasteiger partial charge in [-0.3, -0.25) is 4.98 Å². The lowest BCUT2D eigenvalue weighted by Gasteiger charge is -2.14. The van der Waals surface area contributed by atoms with Crippen LogP contribution >= 0.6 is 0 Å². The monoisotopic (exact) mass is 277 g/mol. The standard InChI is InChI=1S/C18H19N3/c1-12-10-17(21-13(2)7-8-14(21)3)20-15(4)18(12)16-6-5-9-19-11-16/h5-11H,1-4H3. The number of nitrogens with zero attached hydrogens (tertiary/aromatic N) is 3. The molecule has 3 aromatic rings. The van der Waals surface area contributed by atoms with Gasteiger partial charge in [0, 0.05) is 40.6 Å². The lowest BCUT2D eigenvalue weighted by Crippen LogP contribution is -2.05. The van der Waals surface area contributed by atoms with E-state index in [1.807, 2.05) is 12.3 Å². The summed E-state index contributed by atoms with van der Waals surface area (Å²) in [6.07, 6.45) is 3.69. The fourth-order valence-electron chi connectivity index (χ4n) is 2.90. The minimum atomic E-state index is 0.984. The lowest BCUT2D eigenvalue weighted by atomic mass is 10.0. The van der Waals surface area contributed by atoms with E-state index in [1.165, 1.54) is 22.5 Å². The summed E-state index contributed by atoms with van der Waals surface area (Å²) >= 11 is 0. The van der Waals surface area contributed by atoms with E-state index in [2.05, 4.69) is 61.5 Å². The van der Waals surface area contributed by atoms with Crippen molar-refractivity contribution < 1.29 is 0 Å². The number of aryl methyl sites for hydroxylation is 4. The van der Waals surface area contributed by atoms with E-state index in [0.29, 0.717) is 0 Å². The summed E-state index contributed by atoms with van der Waals surface area (Å²) in [6.45, 7) is 8.41. The van der Waals surface area contributed by atoms with Gasteiger partial charge < -0.3 is 4.57 Å². The summed E-state index contributed by atoms with van der Waals surface area (Å²) in [5.41, 5.74) is 6.95. The first-order chi connectivity index (χ1) is 10.1. The molecule has 0 aromatic carbocycles. The molecule has 21 heavy (non-hydrogen) atoms. The van der Waals surface area contributed by atoms with E-state index in [9.17, 15) is 0 Å². The van der Waals surface area contributed by atoms with Gasteiger partial charge in [-0.05, 0) is 57.5 Å². The molecule has 3 nitrogen and oxygen atoms in total. The molecule has 0 aliphatic heterocycles. The van der Waals surface area contributed by atoms with Gasteiger partial charge in [-0.25, -0.2) is 4.98 Å². The zero-order chi connectivity index (χ0) is 15.0. The van der Waals surface area contributed by atoms with Crippen molar-refractivity contribution in [3.05, 3.63) is 65.4 Å². The zero-order valence-corrected chi connectivity index (χ0v) is 12.9. The van der Waals surface area contributed by atoms with Crippen molar-refractivity contribution >= 4 is 0 Å². The molecule has 0 fully saturated rings. The molecule has 0 N–H and O–H groups in total. The maximum absolute atomic E-state index is 4.81. The molecule has 0 bridgehead atoms. The van der Waals surface area contributed by atoms with Gasteiger partial charge in [-0.1, -0.05) is 6.07 Å². The molecule has 0 radical (unpaired) electrons. The summed E-state index contributed by atoms with van der Waals surface area (Å²) in [5, 5.41) is 0.